The Morgan fingerprint density at radius 3 is 2.48 bits per heavy atom. The topological polar surface area (TPSA) is 28.1 Å². The highest BCUT2D eigenvalue weighted by Crippen LogP contribution is 2.56. The Bertz CT molecular complexity index is 1510. The van der Waals surface area contributed by atoms with Crippen LogP contribution < -0.4 is 0 Å². The lowest BCUT2D eigenvalue weighted by molar-refractivity contribution is 0.663. The van der Waals surface area contributed by atoms with Crippen molar-refractivity contribution in [3.8, 4) is 37.4 Å². The van der Waals surface area contributed by atoms with Crippen molar-refractivity contribution >= 4 is 28.2 Å². The van der Waals surface area contributed by atoms with Gasteiger partial charge in [0.15, 0.2) is 0 Å². The second-order valence-electron chi connectivity index (χ2n) is 8.40. The molecule has 2 aromatic carbocycles. The molecule has 0 N–H and O–H groups in total. The Balaban J connectivity index is 1.56. The van der Waals surface area contributed by atoms with Gasteiger partial charge in [-0.05, 0) is 62.5 Å². The molecule has 0 saturated carbocycles. The number of benzene rings is 2. The van der Waals surface area contributed by atoms with Crippen LogP contribution in [-0.2, 0) is 5.41 Å². The summed E-state index contributed by atoms with van der Waals surface area (Å²) in [4.78, 5) is 7.54. The predicted molar refractivity (Wildman–Crippen MR) is 129 cm³/mol. The van der Waals surface area contributed by atoms with E-state index in [0.29, 0.717) is 0 Å². The zero-order valence-electron chi connectivity index (χ0n) is 17.0. The van der Waals surface area contributed by atoms with Gasteiger partial charge in [-0.25, -0.2) is 10.1 Å². The summed E-state index contributed by atoms with van der Waals surface area (Å²) in [6.07, 6.45) is 0. The molecule has 2 aliphatic rings. The summed E-state index contributed by atoms with van der Waals surface area (Å²) in [5, 5.41) is 11.8. The molecule has 0 spiro atoms. The fourth-order valence-corrected chi connectivity index (χ4v) is 7.45. The normalized spacial score (nSPS) is 16.0. The van der Waals surface area contributed by atoms with E-state index in [9.17, 15) is 5.26 Å². The van der Waals surface area contributed by atoms with Crippen molar-refractivity contribution in [2.45, 2.75) is 19.3 Å². The van der Waals surface area contributed by atoms with Crippen LogP contribution in [0.4, 0.5) is 0 Å². The van der Waals surface area contributed by atoms with E-state index in [1.165, 1.54) is 25.8 Å². The molecule has 4 aromatic rings. The van der Waals surface area contributed by atoms with Gasteiger partial charge in [0.2, 0.25) is 0 Å². The zero-order chi connectivity index (χ0) is 21.3. The van der Waals surface area contributed by atoms with Gasteiger partial charge in [-0.3, -0.25) is 0 Å². The number of nitrogens with zero attached hydrogens (tertiary/aromatic N) is 2. The molecule has 0 fully saturated rings. The summed E-state index contributed by atoms with van der Waals surface area (Å²) in [5.74, 6) is 0. The fourth-order valence-electron chi connectivity index (χ4n) is 4.90. The number of fused-ring (bicyclic) bond motifs is 6. The monoisotopic (exact) mass is 432 g/mol. The van der Waals surface area contributed by atoms with Crippen molar-refractivity contribution in [1.82, 2.24) is 0 Å². The minimum atomic E-state index is 0.0233. The maximum Gasteiger partial charge on any atom is 0.270 e. The average Bonchev–Trinajstić information content (AvgIpc) is 3.53. The van der Waals surface area contributed by atoms with Crippen molar-refractivity contribution in [3.05, 3.63) is 99.3 Å². The molecule has 31 heavy (non-hydrogen) atoms. The first-order valence-corrected chi connectivity index (χ1v) is 11.7. The molecule has 0 amide bonds. The van der Waals surface area contributed by atoms with Gasteiger partial charge in [0.1, 0.15) is 0 Å². The third kappa shape index (κ3) is 2.35. The van der Waals surface area contributed by atoms with Crippen molar-refractivity contribution < 1.29 is 0 Å². The van der Waals surface area contributed by atoms with Crippen LogP contribution >= 0.6 is 22.7 Å². The fraction of sp³-hybridized carbons (Fsp3) is 0.111. The lowest BCUT2D eigenvalue weighted by Crippen LogP contribution is -2.13. The number of hydrogen-bond donors (Lipinski definition) is 0. The van der Waals surface area contributed by atoms with Crippen molar-refractivity contribution in [2.24, 2.45) is 0 Å². The number of nitriles is 1. The molecule has 4 heteroatoms. The molecule has 2 heterocycles. The Morgan fingerprint density at radius 1 is 0.935 bits per heavy atom. The second-order valence-corrected chi connectivity index (χ2v) is 10.4. The van der Waals surface area contributed by atoms with E-state index in [-0.39, 0.29) is 11.1 Å². The third-order valence-electron chi connectivity index (χ3n) is 6.46. The molecule has 2 aliphatic carbocycles. The summed E-state index contributed by atoms with van der Waals surface area (Å²) in [6, 6.07) is 21.2. The standard InChI is InChI=1S/C27H16N2S2/c1-27(2)20-10-11-30-25(20)26-21(27)13-23(31-26)15-8-9-17-16-6-4-5-7-18(16)24(19(17)12-15)22(14-28)29-3/h4-13H,1-2H3/b24-22-. The van der Waals surface area contributed by atoms with Crippen LogP contribution in [-0.4, -0.2) is 0 Å². The van der Waals surface area contributed by atoms with E-state index < -0.39 is 0 Å². The number of hydrogen-bond acceptors (Lipinski definition) is 3. The van der Waals surface area contributed by atoms with Gasteiger partial charge < -0.3 is 0 Å². The summed E-state index contributed by atoms with van der Waals surface area (Å²) < 4.78 is 0. The largest absolute Gasteiger partial charge is 0.270 e. The SMILES string of the molecule is [C-]#[N+]/C(C#N)=C1/c2ccccc2-c2ccc(-c3cc4c(s3)-c3sccc3C4(C)C)cc21. The van der Waals surface area contributed by atoms with E-state index in [1.54, 1.807) is 0 Å². The Labute approximate surface area is 189 Å². The summed E-state index contributed by atoms with van der Waals surface area (Å²) >= 11 is 3.67. The number of thiophene rings is 2. The summed E-state index contributed by atoms with van der Waals surface area (Å²) in [7, 11) is 0. The third-order valence-corrected chi connectivity index (χ3v) is 8.73. The van der Waals surface area contributed by atoms with E-state index >= 15 is 0 Å². The predicted octanol–water partition coefficient (Wildman–Crippen LogP) is 7.97. The van der Waals surface area contributed by atoms with Gasteiger partial charge in [0.05, 0.1) is 12.6 Å². The van der Waals surface area contributed by atoms with Crippen LogP contribution in [0.3, 0.4) is 0 Å². The van der Waals surface area contributed by atoms with Gasteiger partial charge in [0, 0.05) is 25.6 Å². The lowest BCUT2D eigenvalue weighted by atomic mass is 9.84. The van der Waals surface area contributed by atoms with Gasteiger partial charge in [0.25, 0.3) is 5.70 Å². The van der Waals surface area contributed by atoms with Crippen LogP contribution in [0.2, 0.25) is 0 Å². The zero-order valence-corrected chi connectivity index (χ0v) is 18.6. The van der Waals surface area contributed by atoms with Gasteiger partial charge in [-0.2, -0.15) is 0 Å². The van der Waals surface area contributed by atoms with Crippen LogP contribution in [0.5, 0.6) is 0 Å². The van der Waals surface area contributed by atoms with E-state index in [4.69, 9.17) is 6.57 Å². The maximum absolute atomic E-state index is 9.61. The quantitative estimate of drug-likeness (QED) is 0.195. The van der Waals surface area contributed by atoms with Crippen LogP contribution in [0.15, 0.2) is 65.7 Å². The van der Waals surface area contributed by atoms with Crippen LogP contribution in [0, 0.1) is 17.9 Å². The molecule has 0 saturated heterocycles. The average molecular weight is 433 g/mol. The minimum absolute atomic E-state index is 0.0233. The Hall–Kier alpha value is -3.44. The van der Waals surface area contributed by atoms with Gasteiger partial charge >= 0.3 is 0 Å². The number of rotatable bonds is 1. The highest BCUT2D eigenvalue weighted by Gasteiger charge is 2.38. The van der Waals surface area contributed by atoms with Gasteiger partial charge in [-0.1, -0.05) is 50.2 Å². The second kappa shape index (κ2) is 6.28. The lowest BCUT2D eigenvalue weighted by Gasteiger charge is -2.18. The first-order valence-electron chi connectivity index (χ1n) is 10.0. The maximum atomic E-state index is 9.61. The molecule has 146 valence electrons. The highest BCUT2D eigenvalue weighted by molar-refractivity contribution is 7.23. The van der Waals surface area contributed by atoms with Crippen molar-refractivity contribution in [2.75, 3.05) is 0 Å². The van der Waals surface area contributed by atoms with E-state index in [1.807, 2.05) is 40.9 Å². The summed E-state index contributed by atoms with van der Waals surface area (Å²) in [6.45, 7) is 12.1. The van der Waals surface area contributed by atoms with Crippen LogP contribution in [0.1, 0.15) is 36.1 Å². The molecule has 0 atom stereocenters. The highest BCUT2D eigenvalue weighted by atomic mass is 32.1. The smallest absolute Gasteiger partial charge is 0.226 e. The Morgan fingerprint density at radius 2 is 1.71 bits per heavy atom. The first-order chi connectivity index (χ1) is 15.0. The molecule has 2 aromatic heterocycles. The summed E-state index contributed by atoms with van der Waals surface area (Å²) in [5.41, 5.74) is 9.04. The van der Waals surface area contributed by atoms with Crippen LogP contribution in [0.25, 0.3) is 41.7 Å². The molecular formula is C27H16N2S2. The minimum Gasteiger partial charge on any atom is -0.226 e. The molecule has 2 nitrogen and oxygen atoms in total. The molecule has 0 unspecified atom stereocenters. The first kappa shape index (κ1) is 18.3. The van der Waals surface area contributed by atoms with Crippen molar-refractivity contribution in [1.29, 1.82) is 5.26 Å². The van der Waals surface area contributed by atoms with E-state index in [0.717, 1.165) is 33.4 Å². The van der Waals surface area contributed by atoms with E-state index in [2.05, 4.69) is 66.5 Å². The number of allylic oxidation sites excluding steroid dienone is 1. The molecular weight excluding hydrogens is 416 g/mol. The van der Waals surface area contributed by atoms with Gasteiger partial charge in [-0.15, -0.1) is 22.7 Å². The molecule has 0 radical (unpaired) electrons. The van der Waals surface area contributed by atoms with Crippen molar-refractivity contribution in [3.63, 3.8) is 0 Å². The Kier molecular flexibility index (Phi) is 3.72. The molecule has 0 bridgehead atoms. The molecule has 6 rings (SSSR count). The molecule has 0 aliphatic heterocycles.